The Morgan fingerprint density at radius 2 is 1.81 bits per heavy atom. The lowest BCUT2D eigenvalue weighted by Crippen LogP contribution is -2.43. The summed E-state index contributed by atoms with van der Waals surface area (Å²) in [7, 11) is 0. The molecule has 0 aliphatic carbocycles. The highest BCUT2D eigenvalue weighted by Crippen LogP contribution is 2.31. The van der Waals surface area contributed by atoms with Gasteiger partial charge >= 0.3 is 0 Å². The molecule has 1 atom stereocenters. The molecule has 2 aliphatic rings. The zero-order chi connectivity index (χ0) is 14.7. The normalized spacial score (nSPS) is 22.6. The molecule has 0 saturated carbocycles. The maximum absolute atomic E-state index is 12.6. The fraction of sp³-hybridized carbons (Fsp3) is 0.588. The van der Waals surface area contributed by atoms with Crippen molar-refractivity contribution in [3.63, 3.8) is 0 Å². The minimum Gasteiger partial charge on any atom is -0.362 e. The quantitative estimate of drug-likeness (QED) is 0.908. The molecular formula is C17H25N3O. The molecule has 114 valence electrons. The number of anilines is 1. The van der Waals surface area contributed by atoms with E-state index in [1.165, 1.54) is 18.4 Å². The van der Waals surface area contributed by atoms with Gasteiger partial charge in [0.15, 0.2) is 0 Å². The van der Waals surface area contributed by atoms with Crippen molar-refractivity contribution >= 4 is 11.6 Å². The zero-order valence-electron chi connectivity index (χ0n) is 12.6. The molecule has 2 N–H and O–H groups in total. The van der Waals surface area contributed by atoms with E-state index in [-0.39, 0.29) is 11.9 Å². The molecule has 4 heteroatoms. The van der Waals surface area contributed by atoms with Gasteiger partial charge < -0.3 is 15.5 Å². The van der Waals surface area contributed by atoms with Gasteiger partial charge in [-0.3, -0.25) is 4.79 Å². The van der Waals surface area contributed by atoms with E-state index in [0.29, 0.717) is 6.54 Å². The second-order valence-corrected chi connectivity index (χ2v) is 6.17. The van der Waals surface area contributed by atoms with Gasteiger partial charge in [0.2, 0.25) is 5.91 Å². The lowest BCUT2D eigenvalue weighted by molar-refractivity contribution is -0.129. The highest BCUT2D eigenvalue weighted by molar-refractivity contribution is 5.82. The summed E-state index contributed by atoms with van der Waals surface area (Å²) >= 11 is 0. The van der Waals surface area contributed by atoms with Crippen molar-refractivity contribution in [1.29, 1.82) is 0 Å². The first-order valence-corrected chi connectivity index (χ1v) is 8.13. The number of nitrogens with zero attached hydrogens (tertiary/aromatic N) is 2. The molecule has 21 heavy (non-hydrogen) atoms. The van der Waals surface area contributed by atoms with E-state index < -0.39 is 0 Å². The Morgan fingerprint density at radius 1 is 1.10 bits per heavy atom. The molecule has 1 fully saturated rings. The maximum atomic E-state index is 12.6. The van der Waals surface area contributed by atoms with Crippen molar-refractivity contribution in [3.8, 4) is 0 Å². The summed E-state index contributed by atoms with van der Waals surface area (Å²) in [5.74, 6) is 0.266. The van der Waals surface area contributed by atoms with Gasteiger partial charge in [-0.15, -0.1) is 0 Å². The molecule has 2 aliphatic heterocycles. The van der Waals surface area contributed by atoms with Crippen LogP contribution in [0, 0.1) is 0 Å². The van der Waals surface area contributed by atoms with Gasteiger partial charge in [0.1, 0.15) is 0 Å². The van der Waals surface area contributed by atoms with Crippen LogP contribution < -0.4 is 10.6 Å². The highest BCUT2D eigenvalue weighted by Gasteiger charge is 2.25. The van der Waals surface area contributed by atoms with Crippen molar-refractivity contribution in [1.82, 2.24) is 4.90 Å². The summed E-state index contributed by atoms with van der Waals surface area (Å²) in [5.41, 5.74) is 8.49. The van der Waals surface area contributed by atoms with Crippen molar-refractivity contribution < 1.29 is 4.79 Å². The Morgan fingerprint density at radius 3 is 2.57 bits per heavy atom. The first-order chi connectivity index (χ1) is 10.3. The van der Waals surface area contributed by atoms with E-state index in [1.54, 1.807) is 0 Å². The number of hydrogen-bond acceptors (Lipinski definition) is 3. The number of para-hydroxylation sites is 1. The minimum atomic E-state index is 0.103. The van der Waals surface area contributed by atoms with Gasteiger partial charge in [-0.1, -0.05) is 31.0 Å². The third kappa shape index (κ3) is 3.21. The number of amides is 1. The Bertz CT molecular complexity index is 495. The summed E-state index contributed by atoms with van der Waals surface area (Å²) in [6.45, 7) is 3.21. The van der Waals surface area contributed by atoms with Crippen LogP contribution in [-0.2, 0) is 4.79 Å². The topological polar surface area (TPSA) is 49.6 Å². The van der Waals surface area contributed by atoms with Crippen LogP contribution in [0.1, 0.15) is 43.7 Å². The van der Waals surface area contributed by atoms with Gasteiger partial charge in [0.05, 0.1) is 6.54 Å². The smallest absolute Gasteiger partial charge is 0.242 e. The molecule has 1 saturated heterocycles. The molecule has 1 unspecified atom stereocenters. The third-order valence-corrected chi connectivity index (χ3v) is 4.67. The molecule has 0 spiro atoms. The third-order valence-electron chi connectivity index (χ3n) is 4.67. The second-order valence-electron chi connectivity index (χ2n) is 6.17. The number of carbonyl (C=O) groups excluding carboxylic acids is 1. The van der Waals surface area contributed by atoms with Crippen LogP contribution in [0.2, 0.25) is 0 Å². The molecule has 0 aromatic heterocycles. The largest absolute Gasteiger partial charge is 0.362 e. The van der Waals surface area contributed by atoms with Crippen LogP contribution in [-0.4, -0.2) is 37.0 Å². The van der Waals surface area contributed by atoms with E-state index in [2.05, 4.69) is 17.0 Å². The van der Waals surface area contributed by atoms with Gasteiger partial charge in [0.25, 0.3) is 0 Å². The molecule has 4 nitrogen and oxygen atoms in total. The molecule has 1 amide bonds. The second kappa shape index (κ2) is 6.48. The standard InChI is InChI=1S/C17H25N3O/c18-15-9-12-20(16-8-4-3-7-14(15)16)13-17(21)19-10-5-1-2-6-11-19/h3-4,7-8,15H,1-2,5-6,9-13,18H2. The first-order valence-electron chi connectivity index (χ1n) is 8.13. The SMILES string of the molecule is NC1CCN(CC(=O)N2CCCCCC2)c2ccccc21. The van der Waals surface area contributed by atoms with Crippen LogP contribution in [0.3, 0.4) is 0 Å². The number of benzene rings is 1. The van der Waals surface area contributed by atoms with Gasteiger partial charge in [0, 0.05) is 31.4 Å². The van der Waals surface area contributed by atoms with E-state index >= 15 is 0 Å². The number of nitrogens with two attached hydrogens (primary N) is 1. The first kappa shape index (κ1) is 14.4. The Hall–Kier alpha value is -1.55. The number of fused-ring (bicyclic) bond motifs is 1. The average molecular weight is 287 g/mol. The molecule has 1 aromatic rings. The van der Waals surface area contributed by atoms with Gasteiger partial charge in [-0.05, 0) is 30.9 Å². The fourth-order valence-corrected chi connectivity index (χ4v) is 3.41. The summed E-state index contributed by atoms with van der Waals surface area (Å²) in [5, 5.41) is 0. The molecule has 1 aromatic carbocycles. The molecule has 2 heterocycles. The number of rotatable bonds is 2. The fourth-order valence-electron chi connectivity index (χ4n) is 3.41. The summed E-state index contributed by atoms with van der Waals surface area (Å²) < 4.78 is 0. The summed E-state index contributed by atoms with van der Waals surface area (Å²) in [6.07, 6.45) is 5.72. The number of hydrogen-bond donors (Lipinski definition) is 1. The van der Waals surface area contributed by atoms with Crippen LogP contribution in [0.25, 0.3) is 0 Å². The van der Waals surface area contributed by atoms with Crippen molar-refractivity contribution in [2.45, 2.75) is 38.1 Å². The zero-order valence-corrected chi connectivity index (χ0v) is 12.6. The predicted molar refractivity (Wildman–Crippen MR) is 85.2 cm³/mol. The van der Waals surface area contributed by atoms with Crippen molar-refractivity contribution in [2.24, 2.45) is 5.73 Å². The van der Waals surface area contributed by atoms with Crippen molar-refractivity contribution in [3.05, 3.63) is 29.8 Å². The average Bonchev–Trinajstić information content (AvgIpc) is 2.79. The number of carbonyl (C=O) groups is 1. The van der Waals surface area contributed by atoms with Crippen LogP contribution in [0.4, 0.5) is 5.69 Å². The van der Waals surface area contributed by atoms with Gasteiger partial charge in [-0.2, -0.15) is 0 Å². The Labute approximate surface area is 126 Å². The molecule has 0 bridgehead atoms. The highest BCUT2D eigenvalue weighted by atomic mass is 16.2. The Balaban J connectivity index is 1.70. The monoisotopic (exact) mass is 287 g/mol. The Kier molecular flexibility index (Phi) is 4.44. The summed E-state index contributed by atoms with van der Waals surface area (Å²) in [4.78, 5) is 16.8. The number of likely N-dealkylation sites (tertiary alicyclic amines) is 1. The molecular weight excluding hydrogens is 262 g/mol. The van der Waals surface area contributed by atoms with Crippen molar-refractivity contribution in [2.75, 3.05) is 31.1 Å². The van der Waals surface area contributed by atoms with E-state index in [1.807, 2.05) is 17.0 Å². The lowest BCUT2D eigenvalue weighted by Gasteiger charge is -2.35. The lowest BCUT2D eigenvalue weighted by atomic mass is 9.97. The van der Waals surface area contributed by atoms with E-state index in [0.717, 1.165) is 44.6 Å². The molecule has 0 radical (unpaired) electrons. The summed E-state index contributed by atoms with van der Waals surface area (Å²) in [6, 6.07) is 8.33. The minimum absolute atomic E-state index is 0.103. The van der Waals surface area contributed by atoms with E-state index in [4.69, 9.17) is 5.73 Å². The van der Waals surface area contributed by atoms with E-state index in [9.17, 15) is 4.79 Å². The maximum Gasteiger partial charge on any atom is 0.242 e. The molecule has 3 rings (SSSR count). The van der Waals surface area contributed by atoms with Gasteiger partial charge in [-0.25, -0.2) is 0 Å². The van der Waals surface area contributed by atoms with Crippen LogP contribution >= 0.6 is 0 Å². The van der Waals surface area contributed by atoms with Crippen LogP contribution in [0.5, 0.6) is 0 Å². The van der Waals surface area contributed by atoms with Crippen LogP contribution in [0.15, 0.2) is 24.3 Å². The predicted octanol–water partition coefficient (Wildman–Crippen LogP) is 2.30.